The number of hydrogen-bond acceptors (Lipinski definition) is 3. The first kappa shape index (κ1) is 8.26. The molecule has 2 rings (SSSR count). The Bertz CT molecular complexity index is 373. The van der Waals surface area contributed by atoms with E-state index in [-0.39, 0.29) is 5.78 Å². The summed E-state index contributed by atoms with van der Waals surface area (Å²) in [5.41, 5.74) is 1.71. The maximum absolute atomic E-state index is 11.5. The van der Waals surface area contributed by atoms with E-state index in [1.165, 1.54) is 12.5 Å². The molecule has 0 bridgehead atoms. The van der Waals surface area contributed by atoms with Gasteiger partial charge in [0, 0.05) is 6.42 Å². The molecule has 0 unspecified atom stereocenters. The highest BCUT2D eigenvalue weighted by Gasteiger charge is 2.07. The van der Waals surface area contributed by atoms with Gasteiger partial charge in [0.2, 0.25) is 0 Å². The van der Waals surface area contributed by atoms with E-state index >= 15 is 0 Å². The maximum atomic E-state index is 11.5. The number of furan rings is 1. The molecule has 13 heavy (non-hydrogen) atoms. The molecule has 0 aliphatic heterocycles. The SMILES string of the molecule is O=C(Cc1ccsc1)c1ccoc1. The van der Waals surface area contributed by atoms with E-state index < -0.39 is 0 Å². The average Bonchev–Trinajstić information content (AvgIpc) is 2.74. The lowest BCUT2D eigenvalue weighted by atomic mass is 10.1. The number of ketones is 1. The first-order valence-corrected chi connectivity index (χ1v) is 4.87. The molecule has 0 saturated heterocycles. The largest absolute Gasteiger partial charge is 0.472 e. The minimum Gasteiger partial charge on any atom is -0.472 e. The van der Waals surface area contributed by atoms with Crippen LogP contribution in [-0.4, -0.2) is 5.78 Å². The topological polar surface area (TPSA) is 30.2 Å². The fourth-order valence-electron chi connectivity index (χ4n) is 1.10. The quantitative estimate of drug-likeness (QED) is 0.700. The molecule has 0 aliphatic rings. The van der Waals surface area contributed by atoms with E-state index in [4.69, 9.17) is 4.42 Å². The molecule has 66 valence electrons. The summed E-state index contributed by atoms with van der Waals surface area (Å²) in [5.74, 6) is 0.104. The second-order valence-electron chi connectivity index (χ2n) is 2.74. The lowest BCUT2D eigenvalue weighted by molar-refractivity contribution is 0.0992. The summed E-state index contributed by atoms with van der Waals surface area (Å²) in [7, 11) is 0. The van der Waals surface area contributed by atoms with E-state index in [1.807, 2.05) is 16.8 Å². The van der Waals surface area contributed by atoms with Crippen molar-refractivity contribution in [2.75, 3.05) is 0 Å². The molecule has 0 atom stereocenters. The Morgan fingerprint density at radius 1 is 1.46 bits per heavy atom. The summed E-state index contributed by atoms with van der Waals surface area (Å²) in [6.45, 7) is 0. The van der Waals surface area contributed by atoms with Gasteiger partial charge in [-0.25, -0.2) is 0 Å². The van der Waals surface area contributed by atoms with Crippen molar-refractivity contribution in [3.63, 3.8) is 0 Å². The summed E-state index contributed by atoms with van der Waals surface area (Å²) >= 11 is 1.60. The van der Waals surface area contributed by atoms with Gasteiger partial charge in [0.25, 0.3) is 0 Å². The van der Waals surface area contributed by atoms with Gasteiger partial charge in [-0.15, -0.1) is 0 Å². The zero-order chi connectivity index (χ0) is 9.10. The third kappa shape index (κ3) is 1.87. The predicted octanol–water partition coefficient (Wildman–Crippen LogP) is 2.77. The molecule has 0 amide bonds. The number of thiophene rings is 1. The highest BCUT2D eigenvalue weighted by atomic mass is 32.1. The van der Waals surface area contributed by atoms with Gasteiger partial charge in [0.1, 0.15) is 6.26 Å². The van der Waals surface area contributed by atoms with Crippen molar-refractivity contribution in [1.82, 2.24) is 0 Å². The highest BCUT2D eigenvalue weighted by molar-refractivity contribution is 7.08. The van der Waals surface area contributed by atoms with Crippen LogP contribution in [0.5, 0.6) is 0 Å². The minimum atomic E-state index is 0.104. The number of carbonyl (C=O) groups excluding carboxylic acids is 1. The third-order valence-corrected chi connectivity index (χ3v) is 2.52. The van der Waals surface area contributed by atoms with Crippen molar-refractivity contribution in [3.05, 3.63) is 46.5 Å². The lowest BCUT2D eigenvalue weighted by Gasteiger charge is -1.93. The Morgan fingerprint density at radius 2 is 2.38 bits per heavy atom. The van der Waals surface area contributed by atoms with E-state index in [1.54, 1.807) is 17.4 Å². The molecule has 2 nitrogen and oxygen atoms in total. The molecule has 2 aromatic heterocycles. The molecule has 0 fully saturated rings. The molecule has 3 heteroatoms. The highest BCUT2D eigenvalue weighted by Crippen LogP contribution is 2.10. The monoisotopic (exact) mass is 192 g/mol. The Kier molecular flexibility index (Phi) is 2.27. The summed E-state index contributed by atoms with van der Waals surface area (Å²) in [4.78, 5) is 11.5. The molecule has 0 radical (unpaired) electrons. The number of carbonyl (C=O) groups is 1. The number of hydrogen-bond donors (Lipinski definition) is 0. The molecule has 0 aliphatic carbocycles. The first-order chi connectivity index (χ1) is 6.36. The van der Waals surface area contributed by atoms with Crippen LogP contribution >= 0.6 is 11.3 Å². The molecule has 0 saturated carbocycles. The van der Waals surface area contributed by atoms with Gasteiger partial charge < -0.3 is 4.42 Å². The van der Waals surface area contributed by atoms with Crippen molar-refractivity contribution in [1.29, 1.82) is 0 Å². The molecule has 0 spiro atoms. The fourth-order valence-corrected chi connectivity index (χ4v) is 1.77. The Morgan fingerprint density at radius 3 is 3.00 bits per heavy atom. The van der Waals surface area contributed by atoms with Crippen LogP contribution in [0.1, 0.15) is 15.9 Å². The lowest BCUT2D eigenvalue weighted by Crippen LogP contribution is -2.00. The van der Waals surface area contributed by atoms with Gasteiger partial charge in [0.15, 0.2) is 5.78 Å². The van der Waals surface area contributed by atoms with E-state index in [2.05, 4.69) is 0 Å². The molecule has 2 heterocycles. The summed E-state index contributed by atoms with van der Waals surface area (Å²) in [6, 6.07) is 3.65. The van der Waals surface area contributed by atoms with Gasteiger partial charge in [-0.1, -0.05) is 0 Å². The smallest absolute Gasteiger partial charge is 0.170 e. The molecular weight excluding hydrogens is 184 g/mol. The summed E-state index contributed by atoms with van der Waals surface area (Å²) < 4.78 is 4.84. The van der Waals surface area contributed by atoms with E-state index in [0.717, 1.165) is 5.56 Å². The van der Waals surface area contributed by atoms with Crippen LogP contribution < -0.4 is 0 Å². The Labute approximate surface area is 79.8 Å². The summed E-state index contributed by atoms with van der Waals surface area (Å²) in [5, 5.41) is 3.95. The van der Waals surface area contributed by atoms with Crippen LogP contribution in [0.15, 0.2) is 39.8 Å². The van der Waals surface area contributed by atoms with Crippen molar-refractivity contribution in [2.45, 2.75) is 6.42 Å². The second-order valence-corrected chi connectivity index (χ2v) is 3.52. The Hall–Kier alpha value is -1.35. The molecule has 0 N–H and O–H groups in total. The number of Topliss-reactive ketones (excluding diaryl/α,β-unsaturated/α-hetero) is 1. The zero-order valence-corrected chi connectivity index (χ0v) is 7.71. The van der Waals surface area contributed by atoms with Gasteiger partial charge in [-0.05, 0) is 28.5 Å². The number of rotatable bonds is 3. The molecular formula is C10H8O2S. The standard InChI is InChI=1S/C10H8O2S/c11-10(9-1-3-12-6-9)5-8-2-4-13-7-8/h1-4,6-7H,5H2. The average molecular weight is 192 g/mol. The minimum absolute atomic E-state index is 0.104. The molecule has 0 aromatic carbocycles. The van der Waals surface area contributed by atoms with E-state index in [9.17, 15) is 4.79 Å². The third-order valence-electron chi connectivity index (χ3n) is 1.79. The second kappa shape index (κ2) is 3.58. The maximum Gasteiger partial charge on any atom is 0.170 e. The van der Waals surface area contributed by atoms with Gasteiger partial charge in [-0.2, -0.15) is 11.3 Å². The normalized spacial score (nSPS) is 10.2. The van der Waals surface area contributed by atoms with Crippen molar-refractivity contribution in [2.24, 2.45) is 0 Å². The van der Waals surface area contributed by atoms with E-state index in [0.29, 0.717) is 12.0 Å². The fraction of sp³-hybridized carbons (Fsp3) is 0.100. The first-order valence-electron chi connectivity index (χ1n) is 3.93. The van der Waals surface area contributed by atoms with Crippen molar-refractivity contribution < 1.29 is 9.21 Å². The van der Waals surface area contributed by atoms with Crippen LogP contribution in [0.3, 0.4) is 0 Å². The van der Waals surface area contributed by atoms with Gasteiger partial charge >= 0.3 is 0 Å². The van der Waals surface area contributed by atoms with Crippen molar-refractivity contribution in [3.8, 4) is 0 Å². The van der Waals surface area contributed by atoms with Gasteiger partial charge in [0.05, 0.1) is 11.8 Å². The van der Waals surface area contributed by atoms with Gasteiger partial charge in [-0.3, -0.25) is 4.79 Å². The molecule has 2 aromatic rings. The van der Waals surface area contributed by atoms with Crippen LogP contribution in [-0.2, 0) is 6.42 Å². The van der Waals surface area contributed by atoms with Crippen LogP contribution in [0.2, 0.25) is 0 Å². The van der Waals surface area contributed by atoms with Crippen LogP contribution in [0.4, 0.5) is 0 Å². The zero-order valence-electron chi connectivity index (χ0n) is 6.90. The van der Waals surface area contributed by atoms with Crippen molar-refractivity contribution >= 4 is 17.1 Å². The Balaban J connectivity index is 2.08. The van der Waals surface area contributed by atoms with Crippen LogP contribution in [0.25, 0.3) is 0 Å². The van der Waals surface area contributed by atoms with Crippen LogP contribution in [0, 0.1) is 0 Å². The summed E-state index contributed by atoms with van der Waals surface area (Å²) in [6.07, 6.45) is 3.46. The predicted molar refractivity (Wildman–Crippen MR) is 51.1 cm³/mol.